The highest BCUT2D eigenvalue weighted by atomic mass is 127. The highest BCUT2D eigenvalue weighted by Crippen LogP contribution is 2.21. The molecule has 0 aliphatic carbocycles. The van der Waals surface area contributed by atoms with Gasteiger partial charge in [-0.25, -0.2) is 0 Å². The van der Waals surface area contributed by atoms with Gasteiger partial charge in [-0.3, -0.25) is 9.79 Å². The minimum absolute atomic E-state index is 0. The number of amides is 1. The van der Waals surface area contributed by atoms with Crippen molar-refractivity contribution in [3.05, 3.63) is 0 Å². The molecule has 0 aromatic rings. The molecule has 0 aromatic carbocycles. The van der Waals surface area contributed by atoms with Crippen molar-refractivity contribution >= 4 is 47.6 Å². The number of guanidine groups is 1. The summed E-state index contributed by atoms with van der Waals surface area (Å²) in [4.78, 5) is 16.6. The van der Waals surface area contributed by atoms with Gasteiger partial charge in [0.2, 0.25) is 5.91 Å². The summed E-state index contributed by atoms with van der Waals surface area (Å²) in [7, 11) is 0. The summed E-state index contributed by atoms with van der Waals surface area (Å²) in [5, 5.41) is 9.35. The molecule has 3 N–H and O–H groups in total. The van der Waals surface area contributed by atoms with Crippen molar-refractivity contribution in [2.75, 3.05) is 32.4 Å². The molecular formula is C15H33IN4OS. The maximum atomic E-state index is 12.0. The van der Waals surface area contributed by atoms with E-state index in [1.54, 1.807) is 11.8 Å². The van der Waals surface area contributed by atoms with Crippen LogP contribution in [-0.4, -0.2) is 49.0 Å². The van der Waals surface area contributed by atoms with E-state index < -0.39 is 5.41 Å². The molecule has 22 heavy (non-hydrogen) atoms. The van der Waals surface area contributed by atoms with Gasteiger partial charge in [-0.15, -0.1) is 24.0 Å². The number of carbonyl (C=O) groups is 1. The Bertz CT molecular complexity index is 359. The topological polar surface area (TPSA) is 65.5 Å². The lowest BCUT2D eigenvalue weighted by atomic mass is 9.92. The van der Waals surface area contributed by atoms with E-state index in [2.05, 4.69) is 41.0 Å². The Labute approximate surface area is 157 Å². The predicted octanol–water partition coefficient (Wildman–Crippen LogP) is 2.46. The van der Waals surface area contributed by atoms with Gasteiger partial charge in [0, 0.05) is 24.4 Å². The van der Waals surface area contributed by atoms with Crippen LogP contribution < -0.4 is 16.0 Å². The molecule has 0 heterocycles. The van der Waals surface area contributed by atoms with E-state index in [0.29, 0.717) is 13.1 Å². The summed E-state index contributed by atoms with van der Waals surface area (Å²) >= 11 is 1.80. The van der Waals surface area contributed by atoms with Gasteiger partial charge in [0.15, 0.2) is 5.96 Å². The first-order valence-electron chi connectivity index (χ1n) is 7.54. The van der Waals surface area contributed by atoms with Crippen LogP contribution in [-0.2, 0) is 4.79 Å². The van der Waals surface area contributed by atoms with Crippen molar-refractivity contribution in [3.8, 4) is 0 Å². The smallest absolute Gasteiger partial charge is 0.227 e. The van der Waals surface area contributed by atoms with Crippen molar-refractivity contribution in [3.63, 3.8) is 0 Å². The van der Waals surface area contributed by atoms with Crippen molar-refractivity contribution in [1.29, 1.82) is 0 Å². The molecule has 132 valence electrons. The average Bonchev–Trinajstić information content (AvgIpc) is 2.42. The number of nitrogens with zero attached hydrogens (tertiary/aromatic N) is 1. The van der Waals surface area contributed by atoms with Gasteiger partial charge in [0.05, 0.1) is 12.0 Å². The second kappa shape index (κ2) is 11.4. The van der Waals surface area contributed by atoms with Crippen molar-refractivity contribution in [2.24, 2.45) is 10.4 Å². The molecule has 0 bridgehead atoms. The fourth-order valence-corrected chi connectivity index (χ4v) is 1.65. The third-order valence-corrected chi connectivity index (χ3v) is 4.40. The van der Waals surface area contributed by atoms with Crippen LogP contribution >= 0.6 is 35.7 Å². The van der Waals surface area contributed by atoms with Gasteiger partial charge in [0.25, 0.3) is 0 Å². The number of halogens is 1. The summed E-state index contributed by atoms with van der Waals surface area (Å²) in [6.07, 6.45) is 2.09. The van der Waals surface area contributed by atoms with Crippen LogP contribution in [0.5, 0.6) is 0 Å². The van der Waals surface area contributed by atoms with E-state index in [-0.39, 0.29) is 34.6 Å². The third-order valence-electron chi connectivity index (χ3n) is 3.16. The second-order valence-electron chi connectivity index (χ2n) is 6.26. The van der Waals surface area contributed by atoms with Crippen LogP contribution in [0.4, 0.5) is 0 Å². The molecule has 0 aromatic heterocycles. The summed E-state index contributed by atoms with van der Waals surface area (Å²) in [6, 6.07) is 0. The molecule has 0 saturated carbocycles. The van der Waals surface area contributed by atoms with E-state index in [1.807, 2.05) is 27.7 Å². The maximum Gasteiger partial charge on any atom is 0.227 e. The van der Waals surface area contributed by atoms with E-state index in [9.17, 15) is 4.79 Å². The lowest BCUT2D eigenvalue weighted by Crippen LogP contribution is -2.48. The highest BCUT2D eigenvalue weighted by molar-refractivity contribution is 14.0. The van der Waals surface area contributed by atoms with E-state index in [0.717, 1.165) is 19.0 Å². The molecule has 0 unspecified atom stereocenters. The van der Waals surface area contributed by atoms with E-state index in [4.69, 9.17) is 0 Å². The van der Waals surface area contributed by atoms with Gasteiger partial charge < -0.3 is 16.0 Å². The Morgan fingerprint density at radius 3 is 2.05 bits per heavy atom. The summed E-state index contributed by atoms with van der Waals surface area (Å²) in [5.74, 6) is 0.815. The number of thioether (sulfide) groups is 1. The van der Waals surface area contributed by atoms with Gasteiger partial charge in [-0.05, 0) is 47.8 Å². The lowest BCUT2D eigenvalue weighted by Gasteiger charge is -2.25. The largest absolute Gasteiger partial charge is 0.357 e. The molecule has 1 amide bonds. The van der Waals surface area contributed by atoms with Crippen LogP contribution in [0.25, 0.3) is 0 Å². The number of hydrogen-bond acceptors (Lipinski definition) is 3. The molecule has 0 atom stereocenters. The molecule has 7 heteroatoms. The molecular weight excluding hydrogens is 411 g/mol. The molecule has 0 saturated heterocycles. The Hall–Kier alpha value is -0.180. The molecule has 0 aliphatic heterocycles. The normalized spacial score (nSPS) is 12.4. The van der Waals surface area contributed by atoms with E-state index >= 15 is 0 Å². The molecule has 0 radical (unpaired) electrons. The highest BCUT2D eigenvalue weighted by Gasteiger charge is 2.27. The average molecular weight is 444 g/mol. The zero-order chi connectivity index (χ0) is 16.5. The van der Waals surface area contributed by atoms with Crippen LogP contribution in [0.3, 0.4) is 0 Å². The Morgan fingerprint density at radius 2 is 1.59 bits per heavy atom. The molecule has 0 rings (SSSR count). The van der Waals surface area contributed by atoms with Crippen LogP contribution in [0.1, 0.15) is 41.5 Å². The van der Waals surface area contributed by atoms with Crippen molar-refractivity contribution in [1.82, 2.24) is 16.0 Å². The molecule has 5 nitrogen and oxygen atoms in total. The Balaban J connectivity index is 0. The fourth-order valence-electron chi connectivity index (χ4n) is 1.46. The SMILES string of the molecule is CCNC(=O)C(C)(C)CNC(=NCC(C)(C)SC)NCC.I. The summed E-state index contributed by atoms with van der Waals surface area (Å²) in [6.45, 7) is 14.9. The molecule has 0 aliphatic rings. The monoisotopic (exact) mass is 444 g/mol. The van der Waals surface area contributed by atoms with Gasteiger partial charge >= 0.3 is 0 Å². The number of rotatable bonds is 8. The van der Waals surface area contributed by atoms with Crippen LogP contribution in [0.15, 0.2) is 4.99 Å². The zero-order valence-corrected chi connectivity index (χ0v) is 18.1. The summed E-state index contributed by atoms with van der Waals surface area (Å²) in [5.41, 5.74) is -0.471. The minimum atomic E-state index is -0.471. The Morgan fingerprint density at radius 1 is 1.05 bits per heavy atom. The predicted molar refractivity (Wildman–Crippen MR) is 109 cm³/mol. The zero-order valence-electron chi connectivity index (χ0n) is 15.0. The first-order chi connectivity index (χ1) is 9.68. The number of aliphatic imine (C=N–C) groups is 1. The standard InChI is InChI=1S/C15H32N4OS.HI/c1-8-16-12(20)14(3,4)10-18-13(17-9-2)19-11-15(5,6)21-7;/h8-11H2,1-7H3,(H,16,20)(H2,17,18,19);1H. The lowest BCUT2D eigenvalue weighted by molar-refractivity contribution is -0.128. The number of nitrogens with one attached hydrogen (secondary N) is 3. The number of hydrogen-bond donors (Lipinski definition) is 3. The fraction of sp³-hybridized carbons (Fsp3) is 0.867. The second-order valence-corrected chi connectivity index (χ2v) is 7.77. The minimum Gasteiger partial charge on any atom is -0.357 e. The first kappa shape index (κ1) is 24.1. The number of carbonyl (C=O) groups excluding carboxylic acids is 1. The van der Waals surface area contributed by atoms with Gasteiger partial charge in [-0.2, -0.15) is 11.8 Å². The van der Waals surface area contributed by atoms with Gasteiger partial charge in [-0.1, -0.05) is 0 Å². The molecule has 0 fully saturated rings. The van der Waals surface area contributed by atoms with Crippen LogP contribution in [0, 0.1) is 5.41 Å². The quantitative estimate of drug-likeness (QED) is 0.306. The Kier molecular flexibility index (Phi) is 12.4. The van der Waals surface area contributed by atoms with Crippen molar-refractivity contribution in [2.45, 2.75) is 46.3 Å². The van der Waals surface area contributed by atoms with Gasteiger partial charge in [0.1, 0.15) is 0 Å². The van der Waals surface area contributed by atoms with Crippen molar-refractivity contribution < 1.29 is 4.79 Å². The third kappa shape index (κ3) is 9.76. The first-order valence-corrected chi connectivity index (χ1v) is 8.76. The maximum absolute atomic E-state index is 12.0. The summed E-state index contributed by atoms with van der Waals surface area (Å²) < 4.78 is 0.109. The van der Waals surface area contributed by atoms with Crippen LogP contribution in [0.2, 0.25) is 0 Å². The molecule has 0 spiro atoms. The van der Waals surface area contributed by atoms with E-state index in [1.165, 1.54) is 0 Å².